The summed E-state index contributed by atoms with van der Waals surface area (Å²) >= 11 is 5.83. The second kappa shape index (κ2) is 3.90. The molecule has 0 bridgehead atoms. The zero-order valence-corrected chi connectivity index (χ0v) is 6.79. The molecule has 0 spiro atoms. The Bertz CT molecular complexity index is 148. The molecule has 0 aliphatic carbocycles. The third kappa shape index (κ3) is 2.37. The largest absolute Gasteiger partial charge is 0.253 e. The van der Waals surface area contributed by atoms with Crippen molar-refractivity contribution in [2.24, 2.45) is 0 Å². The van der Waals surface area contributed by atoms with Crippen molar-refractivity contribution >= 4 is 24.0 Å². The van der Waals surface area contributed by atoms with Gasteiger partial charge in [0.2, 0.25) is 0 Å². The number of aromatic nitrogens is 1. The molecule has 9 heavy (non-hydrogen) atoms. The first-order chi connectivity index (χ1) is 4.43. The molecular weight excluding hydrogens is 150 g/mol. The van der Waals surface area contributed by atoms with Gasteiger partial charge < -0.3 is 0 Å². The maximum atomic E-state index is 4.12. The Morgan fingerprint density at radius 2 is 2.56 bits per heavy atom. The molecule has 0 aromatic carbocycles. The summed E-state index contributed by atoms with van der Waals surface area (Å²) in [6.07, 6.45) is 4.22. The van der Waals surface area contributed by atoms with E-state index in [1.165, 1.54) is 4.88 Å². The first kappa shape index (κ1) is 7.09. The van der Waals surface area contributed by atoms with Gasteiger partial charge in [-0.05, 0) is 18.6 Å². The minimum atomic E-state index is 0.970. The van der Waals surface area contributed by atoms with Crippen LogP contribution in [-0.4, -0.2) is 10.7 Å². The van der Waals surface area contributed by atoms with Crippen molar-refractivity contribution < 1.29 is 0 Å². The number of rotatable bonds is 3. The van der Waals surface area contributed by atoms with Crippen molar-refractivity contribution in [2.75, 3.05) is 5.75 Å². The van der Waals surface area contributed by atoms with Gasteiger partial charge in [0.15, 0.2) is 0 Å². The highest BCUT2D eigenvalue weighted by Crippen LogP contribution is 2.07. The molecule has 0 saturated heterocycles. The average Bonchev–Trinajstić information content (AvgIpc) is 2.34. The predicted octanol–water partition coefficient (Wildman–Crippen LogP) is 2.01. The van der Waals surface area contributed by atoms with E-state index in [1.54, 1.807) is 11.3 Å². The molecule has 0 aliphatic rings. The molecule has 0 atom stereocenters. The highest BCUT2D eigenvalue weighted by atomic mass is 32.1. The van der Waals surface area contributed by atoms with Gasteiger partial charge in [-0.25, -0.2) is 0 Å². The summed E-state index contributed by atoms with van der Waals surface area (Å²) in [7, 11) is 0. The number of hydrogen-bond donors (Lipinski definition) is 1. The van der Waals surface area contributed by atoms with Crippen LogP contribution in [0.15, 0.2) is 11.7 Å². The molecule has 0 radical (unpaired) electrons. The Balaban J connectivity index is 2.30. The normalized spacial score (nSPS) is 9.89. The number of hydrogen-bond acceptors (Lipinski definition) is 3. The molecular formula is C6H9NS2. The number of thiol groups is 1. The summed E-state index contributed by atoms with van der Waals surface area (Å²) in [6, 6.07) is 0. The molecule has 1 aromatic heterocycles. The van der Waals surface area contributed by atoms with E-state index in [9.17, 15) is 0 Å². The SMILES string of the molecule is SCCCc1cncs1. The van der Waals surface area contributed by atoms with Gasteiger partial charge in [-0.1, -0.05) is 0 Å². The van der Waals surface area contributed by atoms with Crippen LogP contribution in [0.5, 0.6) is 0 Å². The van der Waals surface area contributed by atoms with E-state index >= 15 is 0 Å². The maximum absolute atomic E-state index is 4.12. The Morgan fingerprint density at radius 3 is 3.11 bits per heavy atom. The van der Waals surface area contributed by atoms with Crippen molar-refractivity contribution in [2.45, 2.75) is 12.8 Å². The first-order valence-electron chi connectivity index (χ1n) is 2.91. The molecule has 1 heterocycles. The fourth-order valence-corrected chi connectivity index (χ4v) is 1.42. The van der Waals surface area contributed by atoms with Crippen LogP contribution in [0, 0.1) is 0 Å². The molecule has 50 valence electrons. The van der Waals surface area contributed by atoms with E-state index in [1.807, 2.05) is 11.7 Å². The quantitative estimate of drug-likeness (QED) is 0.666. The molecule has 1 aromatic rings. The molecule has 0 amide bonds. The van der Waals surface area contributed by atoms with Crippen LogP contribution in [0.2, 0.25) is 0 Å². The molecule has 0 aliphatic heterocycles. The lowest BCUT2D eigenvalue weighted by molar-refractivity contribution is 0.951. The van der Waals surface area contributed by atoms with Crippen LogP contribution < -0.4 is 0 Å². The van der Waals surface area contributed by atoms with Crippen LogP contribution >= 0.6 is 24.0 Å². The lowest BCUT2D eigenvalue weighted by atomic mass is 10.3. The minimum Gasteiger partial charge on any atom is -0.253 e. The second-order valence-electron chi connectivity index (χ2n) is 1.79. The fraction of sp³-hybridized carbons (Fsp3) is 0.500. The summed E-state index contributed by atoms with van der Waals surface area (Å²) in [5.41, 5.74) is 1.87. The maximum Gasteiger partial charge on any atom is 0.0794 e. The van der Waals surface area contributed by atoms with Gasteiger partial charge in [-0.15, -0.1) is 11.3 Å². The molecule has 1 rings (SSSR count). The standard InChI is InChI=1S/C6H9NS2/c8-3-1-2-6-4-7-5-9-6/h4-5,8H,1-3H2. The van der Waals surface area contributed by atoms with E-state index in [0.29, 0.717) is 0 Å². The molecule has 0 saturated carbocycles. The third-order valence-electron chi connectivity index (χ3n) is 1.06. The fourth-order valence-electron chi connectivity index (χ4n) is 0.619. The van der Waals surface area contributed by atoms with Crippen LogP contribution in [0.4, 0.5) is 0 Å². The Hall–Kier alpha value is -0.0200. The summed E-state index contributed by atoms with van der Waals surface area (Å²) in [5, 5.41) is 0. The Kier molecular flexibility index (Phi) is 3.08. The highest BCUT2D eigenvalue weighted by molar-refractivity contribution is 7.80. The Morgan fingerprint density at radius 1 is 1.67 bits per heavy atom. The number of nitrogens with zero attached hydrogens (tertiary/aromatic N) is 1. The molecule has 0 N–H and O–H groups in total. The number of thiazole rings is 1. The summed E-state index contributed by atoms with van der Waals surface area (Å²) in [5.74, 6) is 0.970. The highest BCUT2D eigenvalue weighted by Gasteiger charge is 1.91. The van der Waals surface area contributed by atoms with Crippen molar-refractivity contribution in [1.29, 1.82) is 0 Å². The second-order valence-corrected chi connectivity index (χ2v) is 3.21. The van der Waals surface area contributed by atoms with Crippen LogP contribution in [0.1, 0.15) is 11.3 Å². The van der Waals surface area contributed by atoms with E-state index in [-0.39, 0.29) is 0 Å². The van der Waals surface area contributed by atoms with E-state index in [4.69, 9.17) is 0 Å². The third-order valence-corrected chi connectivity index (χ3v) is 2.22. The van der Waals surface area contributed by atoms with E-state index in [2.05, 4.69) is 17.6 Å². The average molecular weight is 159 g/mol. The zero-order valence-electron chi connectivity index (χ0n) is 5.08. The van der Waals surface area contributed by atoms with Gasteiger partial charge in [0.25, 0.3) is 0 Å². The summed E-state index contributed by atoms with van der Waals surface area (Å²) < 4.78 is 0. The monoisotopic (exact) mass is 159 g/mol. The zero-order chi connectivity index (χ0) is 6.53. The van der Waals surface area contributed by atoms with Gasteiger partial charge in [-0.3, -0.25) is 4.98 Å². The van der Waals surface area contributed by atoms with Crippen molar-refractivity contribution in [3.8, 4) is 0 Å². The van der Waals surface area contributed by atoms with Crippen LogP contribution in [-0.2, 0) is 6.42 Å². The van der Waals surface area contributed by atoms with Crippen LogP contribution in [0.3, 0.4) is 0 Å². The molecule has 0 unspecified atom stereocenters. The predicted molar refractivity (Wildman–Crippen MR) is 44.3 cm³/mol. The van der Waals surface area contributed by atoms with Crippen LogP contribution in [0.25, 0.3) is 0 Å². The van der Waals surface area contributed by atoms with Crippen molar-refractivity contribution in [3.63, 3.8) is 0 Å². The van der Waals surface area contributed by atoms with Crippen molar-refractivity contribution in [3.05, 3.63) is 16.6 Å². The lowest BCUT2D eigenvalue weighted by Crippen LogP contribution is -1.79. The minimum absolute atomic E-state index is 0.970. The summed E-state index contributed by atoms with van der Waals surface area (Å²) in [6.45, 7) is 0. The van der Waals surface area contributed by atoms with E-state index in [0.717, 1.165) is 18.6 Å². The first-order valence-corrected chi connectivity index (χ1v) is 4.43. The summed E-state index contributed by atoms with van der Waals surface area (Å²) in [4.78, 5) is 5.33. The smallest absolute Gasteiger partial charge is 0.0794 e. The topological polar surface area (TPSA) is 12.9 Å². The Labute approximate surface area is 64.5 Å². The van der Waals surface area contributed by atoms with Gasteiger partial charge in [0, 0.05) is 11.1 Å². The molecule has 1 nitrogen and oxygen atoms in total. The van der Waals surface area contributed by atoms with E-state index < -0.39 is 0 Å². The van der Waals surface area contributed by atoms with Crippen molar-refractivity contribution in [1.82, 2.24) is 4.98 Å². The lowest BCUT2D eigenvalue weighted by Gasteiger charge is -1.88. The molecule has 3 heteroatoms. The van der Waals surface area contributed by atoms with Gasteiger partial charge >= 0.3 is 0 Å². The number of aryl methyl sites for hydroxylation is 1. The van der Waals surface area contributed by atoms with Gasteiger partial charge in [0.05, 0.1) is 5.51 Å². The van der Waals surface area contributed by atoms with Gasteiger partial charge in [-0.2, -0.15) is 12.6 Å². The molecule has 0 fully saturated rings. The van der Waals surface area contributed by atoms with Gasteiger partial charge in [0.1, 0.15) is 0 Å².